The molecule has 0 saturated heterocycles. The van der Waals surface area contributed by atoms with E-state index in [1.807, 2.05) is 24.3 Å². The van der Waals surface area contributed by atoms with Gasteiger partial charge in [0.15, 0.2) is 0 Å². The van der Waals surface area contributed by atoms with Crippen molar-refractivity contribution in [1.29, 1.82) is 0 Å². The van der Waals surface area contributed by atoms with Crippen LogP contribution in [0.4, 0.5) is 0 Å². The van der Waals surface area contributed by atoms with Gasteiger partial charge in [-0.1, -0.05) is 37.6 Å². The van der Waals surface area contributed by atoms with Crippen LogP contribution in [0.5, 0.6) is 11.5 Å². The molecule has 2 aromatic carbocycles. The van der Waals surface area contributed by atoms with E-state index < -0.39 is 11.9 Å². The Labute approximate surface area is 143 Å². The van der Waals surface area contributed by atoms with Crippen molar-refractivity contribution in [2.75, 3.05) is 13.7 Å². The van der Waals surface area contributed by atoms with Crippen LogP contribution in [0.25, 0.3) is 0 Å². The maximum atomic E-state index is 11.7. The molecule has 0 aliphatic heterocycles. The molecule has 1 N–H and O–H groups in total. The number of ether oxygens (including phenoxy) is 2. The summed E-state index contributed by atoms with van der Waals surface area (Å²) in [4.78, 5) is 11.7. The summed E-state index contributed by atoms with van der Waals surface area (Å²) in [6, 6.07) is 14.9. The van der Waals surface area contributed by atoms with E-state index in [4.69, 9.17) is 9.47 Å². The molecule has 0 spiro atoms. The van der Waals surface area contributed by atoms with E-state index in [9.17, 15) is 9.90 Å². The molecule has 0 saturated carbocycles. The van der Waals surface area contributed by atoms with E-state index in [1.54, 1.807) is 31.4 Å². The number of unbranched alkanes of at least 4 members (excludes halogenated alkanes) is 1. The van der Waals surface area contributed by atoms with Gasteiger partial charge in [-0.05, 0) is 48.2 Å². The molecule has 0 amide bonds. The molecule has 1 atom stereocenters. The number of hydrogen-bond donors (Lipinski definition) is 1. The molecule has 0 radical (unpaired) electrons. The lowest BCUT2D eigenvalue weighted by Crippen LogP contribution is -2.14. The summed E-state index contributed by atoms with van der Waals surface area (Å²) in [5, 5.41) is 9.59. The highest BCUT2D eigenvalue weighted by atomic mass is 16.5. The molecule has 0 aromatic heterocycles. The summed E-state index contributed by atoms with van der Waals surface area (Å²) in [5.74, 6) is 0.0771. The van der Waals surface area contributed by atoms with Gasteiger partial charge >= 0.3 is 5.97 Å². The van der Waals surface area contributed by atoms with E-state index in [1.165, 1.54) is 0 Å². The van der Waals surface area contributed by atoms with Crippen LogP contribution in [0.2, 0.25) is 0 Å². The number of rotatable bonds is 9. The van der Waals surface area contributed by atoms with Crippen molar-refractivity contribution in [3.05, 3.63) is 59.7 Å². The fourth-order valence-corrected chi connectivity index (χ4v) is 2.52. The van der Waals surface area contributed by atoms with Gasteiger partial charge in [-0.2, -0.15) is 0 Å². The molecule has 128 valence electrons. The Morgan fingerprint density at radius 1 is 1.12 bits per heavy atom. The minimum atomic E-state index is -0.836. The first-order chi connectivity index (χ1) is 11.6. The second-order valence-electron chi connectivity index (χ2n) is 5.72. The molecule has 0 bridgehead atoms. The smallest absolute Gasteiger partial charge is 0.311 e. The zero-order valence-electron chi connectivity index (χ0n) is 14.2. The van der Waals surface area contributed by atoms with E-state index in [-0.39, 0.29) is 0 Å². The van der Waals surface area contributed by atoms with Crippen LogP contribution in [0, 0.1) is 0 Å². The predicted octanol–water partition coefficient (Wildman–Crippen LogP) is 4.29. The molecule has 0 fully saturated rings. The molecule has 0 aliphatic carbocycles. The number of carboxylic acids is 1. The van der Waals surface area contributed by atoms with Crippen LogP contribution in [0.3, 0.4) is 0 Å². The number of benzene rings is 2. The van der Waals surface area contributed by atoms with Crippen molar-refractivity contribution < 1.29 is 19.4 Å². The van der Waals surface area contributed by atoms with E-state index in [0.717, 1.165) is 29.7 Å². The van der Waals surface area contributed by atoms with Crippen LogP contribution < -0.4 is 9.47 Å². The summed E-state index contributed by atoms with van der Waals surface area (Å²) in [6.07, 6.45) is 2.51. The highest BCUT2D eigenvalue weighted by Gasteiger charge is 2.20. The van der Waals surface area contributed by atoms with Crippen molar-refractivity contribution >= 4 is 5.97 Å². The maximum absolute atomic E-state index is 11.7. The first-order valence-corrected chi connectivity index (χ1v) is 8.22. The fraction of sp³-hybridized carbons (Fsp3) is 0.350. The van der Waals surface area contributed by atoms with Gasteiger partial charge in [0.25, 0.3) is 0 Å². The lowest BCUT2D eigenvalue weighted by molar-refractivity contribution is -0.138. The highest BCUT2D eigenvalue weighted by Crippen LogP contribution is 2.25. The Hall–Kier alpha value is -2.49. The van der Waals surface area contributed by atoms with Gasteiger partial charge in [-0.15, -0.1) is 0 Å². The first-order valence-electron chi connectivity index (χ1n) is 8.22. The van der Waals surface area contributed by atoms with Crippen LogP contribution in [-0.4, -0.2) is 24.8 Å². The van der Waals surface area contributed by atoms with E-state index in [2.05, 4.69) is 6.92 Å². The molecule has 0 aliphatic rings. The van der Waals surface area contributed by atoms with Crippen molar-refractivity contribution in [3.63, 3.8) is 0 Å². The van der Waals surface area contributed by atoms with E-state index in [0.29, 0.717) is 18.8 Å². The Morgan fingerprint density at radius 3 is 2.50 bits per heavy atom. The quantitative estimate of drug-likeness (QED) is 0.698. The topological polar surface area (TPSA) is 55.8 Å². The summed E-state index contributed by atoms with van der Waals surface area (Å²) in [7, 11) is 1.59. The normalized spacial score (nSPS) is 11.8. The summed E-state index contributed by atoms with van der Waals surface area (Å²) in [6.45, 7) is 2.80. The van der Waals surface area contributed by atoms with Crippen LogP contribution in [0.1, 0.15) is 36.8 Å². The van der Waals surface area contributed by atoms with Crippen LogP contribution in [-0.2, 0) is 11.2 Å². The molecule has 1 unspecified atom stereocenters. The molecule has 4 heteroatoms. The monoisotopic (exact) mass is 328 g/mol. The molecule has 0 heterocycles. The zero-order valence-corrected chi connectivity index (χ0v) is 14.2. The van der Waals surface area contributed by atoms with Crippen molar-refractivity contribution in [2.45, 2.75) is 32.1 Å². The number of carboxylic acid groups (broad SMARTS) is 1. The average molecular weight is 328 g/mol. The molecule has 2 aromatic rings. The number of carbonyl (C=O) groups is 1. The summed E-state index contributed by atoms with van der Waals surface area (Å²) < 4.78 is 10.8. The van der Waals surface area contributed by atoms with Crippen molar-refractivity contribution in [1.82, 2.24) is 0 Å². The minimum absolute atomic E-state index is 0.423. The third-order valence-corrected chi connectivity index (χ3v) is 3.92. The maximum Gasteiger partial charge on any atom is 0.311 e. The van der Waals surface area contributed by atoms with Crippen molar-refractivity contribution in [3.8, 4) is 11.5 Å². The Kier molecular flexibility index (Phi) is 6.67. The third-order valence-electron chi connectivity index (χ3n) is 3.92. The fourth-order valence-electron chi connectivity index (χ4n) is 2.52. The Balaban J connectivity index is 2.12. The third kappa shape index (κ3) is 5.01. The lowest BCUT2D eigenvalue weighted by atomic mass is 9.92. The van der Waals surface area contributed by atoms with Gasteiger partial charge in [0.2, 0.25) is 0 Å². The molecular formula is C20H24O4. The second kappa shape index (κ2) is 8.96. The van der Waals surface area contributed by atoms with E-state index >= 15 is 0 Å². The molecule has 24 heavy (non-hydrogen) atoms. The highest BCUT2D eigenvalue weighted by molar-refractivity contribution is 5.76. The van der Waals surface area contributed by atoms with Crippen LogP contribution >= 0.6 is 0 Å². The number of methoxy groups -OCH3 is 1. The van der Waals surface area contributed by atoms with Crippen molar-refractivity contribution in [2.24, 2.45) is 0 Å². The van der Waals surface area contributed by atoms with Gasteiger partial charge in [-0.25, -0.2) is 0 Å². The standard InChI is InChI=1S/C20H24O4/c1-3-4-12-24-18-7-5-6-15(13-18)14-19(20(21)22)16-8-10-17(23-2)11-9-16/h5-11,13,19H,3-4,12,14H2,1-2H3,(H,21,22). The van der Waals surface area contributed by atoms with Gasteiger partial charge in [0.1, 0.15) is 11.5 Å². The molecule has 4 nitrogen and oxygen atoms in total. The van der Waals surface area contributed by atoms with Gasteiger partial charge in [-0.3, -0.25) is 4.79 Å². The molecule has 2 rings (SSSR count). The largest absolute Gasteiger partial charge is 0.497 e. The van der Waals surface area contributed by atoms with Gasteiger partial charge in [0, 0.05) is 0 Å². The Morgan fingerprint density at radius 2 is 1.88 bits per heavy atom. The SMILES string of the molecule is CCCCOc1cccc(CC(C(=O)O)c2ccc(OC)cc2)c1. The van der Waals surface area contributed by atoms with Crippen LogP contribution in [0.15, 0.2) is 48.5 Å². The lowest BCUT2D eigenvalue weighted by Gasteiger charge is -2.14. The summed E-state index contributed by atoms with van der Waals surface area (Å²) >= 11 is 0. The van der Waals surface area contributed by atoms with Gasteiger partial charge in [0.05, 0.1) is 19.6 Å². The first kappa shape index (κ1) is 17.9. The second-order valence-corrected chi connectivity index (χ2v) is 5.72. The van der Waals surface area contributed by atoms with Gasteiger partial charge < -0.3 is 14.6 Å². The summed E-state index contributed by atoms with van der Waals surface area (Å²) in [5.41, 5.74) is 1.72. The Bertz CT molecular complexity index is 649. The average Bonchev–Trinajstić information content (AvgIpc) is 2.60. The number of hydrogen-bond acceptors (Lipinski definition) is 3. The predicted molar refractivity (Wildman–Crippen MR) is 93.9 cm³/mol. The minimum Gasteiger partial charge on any atom is -0.497 e. The molecular weight excluding hydrogens is 304 g/mol. The number of aliphatic carboxylic acids is 1. The zero-order chi connectivity index (χ0) is 17.4.